The molecule has 0 aromatic heterocycles. The van der Waals surface area contributed by atoms with Crippen molar-refractivity contribution in [1.82, 2.24) is 10.6 Å². The highest BCUT2D eigenvalue weighted by Crippen LogP contribution is 2.42. The first kappa shape index (κ1) is 51.3. The zero-order chi connectivity index (χ0) is 46.7. The van der Waals surface area contributed by atoms with Crippen LogP contribution in [0.4, 0.5) is 0 Å². The monoisotopic (exact) mass is 956 g/mol. The van der Waals surface area contributed by atoms with Crippen LogP contribution in [0.25, 0.3) is 0 Å². The molecule has 12 atom stereocenters. The Hall–Kier alpha value is -3.07. The predicted octanol–water partition coefficient (Wildman–Crippen LogP) is -1.52. The van der Waals surface area contributed by atoms with E-state index in [1.165, 1.54) is 13.3 Å². The summed E-state index contributed by atoms with van der Waals surface area (Å²) < 4.78 is 30.8. The number of hydrogen-bond acceptors (Lipinski definition) is 18. The average molecular weight is 957 g/mol. The molecule has 0 aromatic carbocycles. The topological polar surface area (TPSA) is 309 Å². The number of nitrogens with two attached hydrogens (primary N) is 1. The molecular formula is C43H66N5O15S2+. The van der Waals surface area contributed by atoms with Crippen molar-refractivity contribution in [1.29, 1.82) is 0 Å². The van der Waals surface area contributed by atoms with E-state index in [0.29, 0.717) is 34.8 Å². The number of aliphatic hydroxyl groups is 7. The highest BCUT2D eigenvalue weighted by Gasteiger charge is 2.58. The maximum atomic E-state index is 14.6. The number of aliphatic carboxylic acids is 1. The van der Waals surface area contributed by atoms with Crippen molar-refractivity contribution in [3.05, 3.63) is 58.7 Å². The van der Waals surface area contributed by atoms with Crippen molar-refractivity contribution in [2.75, 3.05) is 58.1 Å². The van der Waals surface area contributed by atoms with E-state index in [2.05, 4.69) is 15.6 Å². The molecule has 22 heteroatoms. The number of likely N-dealkylation sites (N-methyl/N-ethyl adjacent to an activating group) is 1. The molecule has 2 saturated carbocycles. The fraction of sp³-hybridized carbons (Fsp3) is 0.698. The predicted molar refractivity (Wildman–Crippen MR) is 238 cm³/mol. The molecule has 65 heavy (non-hydrogen) atoms. The Labute approximate surface area is 386 Å². The van der Waals surface area contributed by atoms with Gasteiger partial charge in [-0.25, -0.2) is 9.59 Å². The zero-order valence-corrected chi connectivity index (χ0v) is 38.2. The Balaban J connectivity index is 1.50. The number of carboxylic acid groups (broad SMARTS) is 1. The second-order valence-electron chi connectivity index (χ2n) is 17.1. The van der Waals surface area contributed by atoms with E-state index in [1.807, 2.05) is 6.08 Å². The summed E-state index contributed by atoms with van der Waals surface area (Å²) in [6.45, 7) is -1.45. The second kappa shape index (κ2) is 24.3. The fourth-order valence-electron chi connectivity index (χ4n) is 9.00. The van der Waals surface area contributed by atoms with E-state index in [-0.39, 0.29) is 61.1 Å². The number of aliphatic hydroxyl groups excluding tert-OH is 5. The minimum atomic E-state index is -3.07. The Morgan fingerprint density at radius 3 is 2.55 bits per heavy atom. The zero-order valence-electron chi connectivity index (χ0n) is 36.5. The largest absolute Gasteiger partial charge is 0.477 e. The van der Waals surface area contributed by atoms with Crippen LogP contribution in [0.3, 0.4) is 0 Å². The number of guanidine groups is 1. The SMILES string of the molecule is CNC(CO)OC1C(OC2OC=C3C(=O)OC4CCCC4CSSCC(CO)[NH+]4C=C(C(=O)O)C(NC(N)=NCCCO)=C(C=CC3C2C=C2CCCCC2)C4)OC(CO)C(O)C1(O)O. The quantitative estimate of drug-likeness (QED) is 0.0179. The first-order valence-corrected chi connectivity index (χ1v) is 24.8. The minimum absolute atomic E-state index is 0.0635. The molecule has 0 spiro atoms. The van der Waals surface area contributed by atoms with Crippen molar-refractivity contribution in [3.63, 3.8) is 0 Å². The van der Waals surface area contributed by atoms with Gasteiger partial charge in [0.25, 0.3) is 0 Å². The number of esters is 1. The van der Waals surface area contributed by atoms with Gasteiger partial charge in [-0.3, -0.25) is 15.2 Å². The molecule has 4 heterocycles. The van der Waals surface area contributed by atoms with E-state index in [0.717, 1.165) is 50.5 Å². The number of aliphatic imine (C=N–C) groups is 1. The van der Waals surface area contributed by atoms with Crippen LogP contribution in [0, 0.1) is 17.8 Å². The molecule has 364 valence electrons. The summed E-state index contributed by atoms with van der Waals surface area (Å²) in [5.74, 6) is -5.56. The molecule has 2 aliphatic carbocycles. The molecule has 0 amide bonds. The molecule has 12 unspecified atom stereocenters. The van der Waals surface area contributed by atoms with Gasteiger partial charge in [0.2, 0.25) is 12.1 Å². The maximum absolute atomic E-state index is 14.6. The molecule has 6 rings (SSSR count). The number of fused-ring (bicyclic) bond motifs is 4. The van der Waals surface area contributed by atoms with E-state index in [9.17, 15) is 50.4 Å². The lowest BCUT2D eigenvalue weighted by atomic mass is 9.80. The van der Waals surface area contributed by atoms with Gasteiger partial charge in [-0.1, -0.05) is 51.8 Å². The number of allylic oxidation sites excluding steroid dienone is 2. The van der Waals surface area contributed by atoms with E-state index in [1.54, 1.807) is 39.9 Å². The van der Waals surface area contributed by atoms with Gasteiger partial charge in [0.15, 0.2) is 18.4 Å². The van der Waals surface area contributed by atoms with Crippen molar-refractivity contribution in [2.45, 2.75) is 113 Å². The summed E-state index contributed by atoms with van der Waals surface area (Å²) in [7, 11) is 4.64. The Morgan fingerprint density at radius 2 is 1.86 bits per heavy atom. The van der Waals surface area contributed by atoms with Gasteiger partial charge in [0.05, 0.1) is 49.0 Å². The molecule has 1 saturated heterocycles. The number of nitrogens with one attached hydrogen (secondary N) is 3. The summed E-state index contributed by atoms with van der Waals surface area (Å²) in [6, 6.07) is -0.405. The molecule has 13 N–H and O–H groups in total. The van der Waals surface area contributed by atoms with Crippen LogP contribution in [0.1, 0.15) is 57.8 Å². The molecule has 3 fully saturated rings. The number of carbonyl (C=O) groups excluding carboxylic acids is 1. The van der Waals surface area contributed by atoms with Crippen molar-refractivity contribution in [3.8, 4) is 0 Å². The minimum Gasteiger partial charge on any atom is -0.477 e. The third-order valence-electron chi connectivity index (χ3n) is 12.7. The average Bonchev–Trinajstić information content (AvgIpc) is 3.74. The number of nitrogens with zero attached hydrogens (tertiary/aromatic N) is 1. The Bertz CT molecular complexity index is 1820. The van der Waals surface area contributed by atoms with Gasteiger partial charge < -0.3 is 75.6 Å². The van der Waals surface area contributed by atoms with E-state index >= 15 is 0 Å². The fourth-order valence-corrected chi connectivity index (χ4v) is 11.8. The second-order valence-corrected chi connectivity index (χ2v) is 19.7. The number of carboxylic acids is 1. The highest BCUT2D eigenvalue weighted by molar-refractivity contribution is 8.76. The number of carbonyl (C=O) groups is 2. The summed E-state index contributed by atoms with van der Waals surface area (Å²) in [6.07, 6.45) is 5.12. The normalized spacial score (nSPS) is 34.0. The first-order valence-electron chi connectivity index (χ1n) is 22.3. The number of rotatable bonds is 14. The van der Waals surface area contributed by atoms with Crippen LogP contribution >= 0.6 is 21.6 Å². The van der Waals surface area contributed by atoms with Crippen LogP contribution in [0.15, 0.2) is 63.7 Å². The smallest absolute Gasteiger partial charge is 0.343 e. The van der Waals surface area contributed by atoms with Gasteiger partial charge >= 0.3 is 11.9 Å². The van der Waals surface area contributed by atoms with Crippen molar-refractivity contribution >= 4 is 39.5 Å². The molecule has 0 aromatic rings. The van der Waals surface area contributed by atoms with Gasteiger partial charge in [-0.05, 0) is 58.4 Å². The number of quaternary nitrogens is 1. The van der Waals surface area contributed by atoms with Crippen LogP contribution in [0.2, 0.25) is 0 Å². The van der Waals surface area contributed by atoms with Crippen LogP contribution in [0.5, 0.6) is 0 Å². The van der Waals surface area contributed by atoms with Gasteiger partial charge in [-0.15, -0.1) is 0 Å². The number of hydrogen-bond donors (Lipinski definition) is 12. The number of ether oxygens (including phenoxy) is 5. The molecule has 0 radical (unpaired) electrons. The summed E-state index contributed by atoms with van der Waals surface area (Å²) >= 11 is 0. The molecule has 6 aliphatic rings. The van der Waals surface area contributed by atoms with Crippen molar-refractivity contribution in [2.24, 2.45) is 28.5 Å². The molecule has 2 bridgehead atoms. The van der Waals surface area contributed by atoms with Crippen LogP contribution in [-0.4, -0.2) is 172 Å². The standard InChI is InChI=1S/C43H65N5O15S2/c1-45-34(20-52)62-37-41(61-33(19-51)36(53)43(37,57)58)63-40-29(15-24-7-3-2-4-8-24)28-12-11-25-16-48(17-30(38(54)55)35(25)47-42(44)46-13-6-14-49)27(18-50)23-65-64-22-26-9-5-10-32(26)60-39(56)31(28)21-59-40/h11-12,15,17,21,26-29,32-34,36-37,40-41,45,49-53,57-58H,2-10,13-14,16,18-20,22-23H2,1H3,(H,54,55)(H3,44,46,47)/p+1. The van der Waals surface area contributed by atoms with Crippen LogP contribution < -0.4 is 21.3 Å². The Morgan fingerprint density at radius 1 is 1.09 bits per heavy atom. The van der Waals surface area contributed by atoms with E-state index < -0.39 is 85.9 Å². The van der Waals surface area contributed by atoms with Gasteiger partial charge in [-0.2, -0.15) is 0 Å². The third-order valence-corrected chi connectivity index (χ3v) is 15.3. The van der Waals surface area contributed by atoms with Gasteiger partial charge in [0.1, 0.15) is 48.9 Å². The highest BCUT2D eigenvalue weighted by atomic mass is 33.1. The summed E-state index contributed by atoms with van der Waals surface area (Å²) in [5, 5.41) is 89.9. The molecular weight excluding hydrogens is 891 g/mol. The lowest BCUT2D eigenvalue weighted by molar-refractivity contribution is -0.867. The first-order chi connectivity index (χ1) is 31.3. The lowest BCUT2D eigenvalue weighted by Gasteiger charge is -2.48. The van der Waals surface area contributed by atoms with Gasteiger partial charge in [0, 0.05) is 36.3 Å². The third kappa shape index (κ3) is 12.7. The molecule has 4 aliphatic heterocycles. The lowest BCUT2D eigenvalue weighted by Crippen LogP contribution is -3.13. The summed E-state index contributed by atoms with van der Waals surface area (Å²) in [4.78, 5) is 32.5. The molecule has 20 nitrogen and oxygen atoms in total. The summed E-state index contributed by atoms with van der Waals surface area (Å²) in [5.41, 5.74) is 7.95. The van der Waals surface area contributed by atoms with Crippen LogP contribution in [-0.2, 0) is 33.3 Å². The maximum Gasteiger partial charge on any atom is 0.343 e. The van der Waals surface area contributed by atoms with E-state index in [4.69, 9.17) is 29.4 Å². The van der Waals surface area contributed by atoms with Crippen molar-refractivity contribution < 1.29 is 79.0 Å². The Kier molecular flexibility index (Phi) is 19.2.